The molecule has 0 radical (unpaired) electrons. The topological polar surface area (TPSA) is 73.6 Å². The van der Waals surface area contributed by atoms with E-state index < -0.39 is 5.91 Å². The normalized spacial score (nSPS) is 10.1. The van der Waals surface area contributed by atoms with E-state index in [0.717, 1.165) is 16.6 Å². The number of halogens is 2. The molecule has 120 valence electrons. The minimum Gasteiger partial charge on any atom is -0.490 e. The average Bonchev–Trinajstić information content (AvgIpc) is 2.35. The van der Waals surface area contributed by atoms with Crippen LogP contribution < -0.4 is 20.5 Å². The molecule has 0 unspecified atom stereocenters. The monoisotopic (exact) mass is 380 g/mol. The van der Waals surface area contributed by atoms with Gasteiger partial charge in [0.05, 0.1) is 11.1 Å². The van der Waals surface area contributed by atoms with Crippen LogP contribution in [0.1, 0.15) is 26.3 Å². The van der Waals surface area contributed by atoms with Crippen LogP contribution in [0, 0.1) is 0 Å². The Morgan fingerprint density at radius 3 is 2.57 bits per heavy atom. The first-order chi connectivity index (χ1) is 9.43. The summed E-state index contributed by atoms with van der Waals surface area (Å²) in [5.74, 6) is 0.576. The maximum atomic E-state index is 10.8. The lowest BCUT2D eigenvalue weighted by atomic mass is 10.2. The van der Waals surface area contributed by atoms with Gasteiger partial charge < -0.3 is 20.5 Å². The molecule has 1 amide bonds. The van der Waals surface area contributed by atoms with Crippen LogP contribution in [-0.2, 0) is 11.3 Å². The minimum atomic E-state index is -0.523. The van der Waals surface area contributed by atoms with Gasteiger partial charge in [-0.05, 0) is 40.5 Å². The van der Waals surface area contributed by atoms with E-state index in [2.05, 4.69) is 35.1 Å². The van der Waals surface area contributed by atoms with Crippen molar-refractivity contribution < 1.29 is 14.3 Å². The van der Waals surface area contributed by atoms with E-state index in [9.17, 15) is 4.79 Å². The van der Waals surface area contributed by atoms with Gasteiger partial charge >= 0.3 is 0 Å². The van der Waals surface area contributed by atoms with Gasteiger partial charge in [-0.25, -0.2) is 0 Å². The lowest BCUT2D eigenvalue weighted by molar-refractivity contribution is -0.119. The second-order valence-electron chi connectivity index (χ2n) is 4.63. The van der Waals surface area contributed by atoms with Crippen LogP contribution in [0.2, 0.25) is 0 Å². The molecule has 1 aromatic rings. The fourth-order valence-electron chi connectivity index (χ4n) is 1.59. The number of hydrogen-bond acceptors (Lipinski definition) is 4. The molecule has 0 aliphatic rings. The summed E-state index contributed by atoms with van der Waals surface area (Å²) >= 11 is 3.44. The number of amides is 1. The van der Waals surface area contributed by atoms with Gasteiger partial charge in [-0.15, -0.1) is 12.4 Å². The average molecular weight is 382 g/mol. The zero-order valence-corrected chi connectivity index (χ0v) is 14.8. The van der Waals surface area contributed by atoms with Gasteiger partial charge in [0.1, 0.15) is 0 Å². The molecule has 0 aliphatic carbocycles. The molecule has 0 fully saturated rings. The van der Waals surface area contributed by atoms with Gasteiger partial charge in [-0.3, -0.25) is 4.79 Å². The molecule has 0 saturated heterocycles. The number of carbonyl (C=O) groups is 1. The van der Waals surface area contributed by atoms with E-state index in [1.807, 2.05) is 19.1 Å². The standard InChI is InChI=1S/C14H21BrN2O3.ClH/c1-4-19-12-6-10(7-17-9(2)3)5-11(15)14(12)20-8-13(16)18;/h5-6,9,17H,4,7-8H2,1-3H3,(H2,16,18);1H. The van der Waals surface area contributed by atoms with Crippen molar-refractivity contribution in [2.24, 2.45) is 5.73 Å². The Balaban J connectivity index is 0.00000400. The maximum Gasteiger partial charge on any atom is 0.255 e. The van der Waals surface area contributed by atoms with E-state index in [0.29, 0.717) is 24.1 Å². The number of carbonyl (C=O) groups excluding carboxylic acids is 1. The fraction of sp³-hybridized carbons (Fsp3) is 0.500. The highest BCUT2D eigenvalue weighted by atomic mass is 79.9. The van der Waals surface area contributed by atoms with Crippen LogP contribution in [0.4, 0.5) is 0 Å². The summed E-state index contributed by atoms with van der Waals surface area (Å²) < 4.78 is 11.7. The third kappa shape index (κ3) is 7.02. The van der Waals surface area contributed by atoms with Gasteiger partial charge in [-0.2, -0.15) is 0 Å². The largest absolute Gasteiger partial charge is 0.490 e. The molecule has 1 rings (SSSR count). The quantitative estimate of drug-likeness (QED) is 0.726. The van der Waals surface area contributed by atoms with Gasteiger partial charge in [0.25, 0.3) is 5.91 Å². The molecule has 0 atom stereocenters. The minimum absolute atomic E-state index is 0. The van der Waals surface area contributed by atoms with Crippen LogP contribution in [0.5, 0.6) is 11.5 Å². The van der Waals surface area contributed by atoms with Crippen molar-refractivity contribution in [3.63, 3.8) is 0 Å². The molecule has 1 aromatic carbocycles. The van der Waals surface area contributed by atoms with E-state index in [4.69, 9.17) is 15.2 Å². The van der Waals surface area contributed by atoms with Crippen molar-refractivity contribution in [2.45, 2.75) is 33.4 Å². The summed E-state index contributed by atoms with van der Waals surface area (Å²) in [6.07, 6.45) is 0. The lowest BCUT2D eigenvalue weighted by Crippen LogP contribution is -2.22. The molecule has 0 aliphatic heterocycles. The Bertz CT molecular complexity index is 470. The fourth-order valence-corrected chi connectivity index (χ4v) is 2.20. The summed E-state index contributed by atoms with van der Waals surface area (Å²) in [6.45, 7) is 7.13. The van der Waals surface area contributed by atoms with Gasteiger partial charge in [-0.1, -0.05) is 13.8 Å². The molecular formula is C14H22BrClN2O3. The molecule has 0 aromatic heterocycles. The van der Waals surface area contributed by atoms with Crippen molar-refractivity contribution in [2.75, 3.05) is 13.2 Å². The summed E-state index contributed by atoms with van der Waals surface area (Å²) in [5.41, 5.74) is 6.17. The Hall–Kier alpha value is -0.980. The van der Waals surface area contributed by atoms with Crippen molar-refractivity contribution >= 4 is 34.2 Å². The Morgan fingerprint density at radius 2 is 2.05 bits per heavy atom. The van der Waals surface area contributed by atoms with Crippen LogP contribution in [0.15, 0.2) is 16.6 Å². The van der Waals surface area contributed by atoms with Crippen molar-refractivity contribution in [1.82, 2.24) is 5.32 Å². The first-order valence-electron chi connectivity index (χ1n) is 6.53. The Labute approximate surface area is 140 Å². The molecule has 21 heavy (non-hydrogen) atoms. The van der Waals surface area contributed by atoms with Gasteiger partial charge in [0.15, 0.2) is 18.1 Å². The summed E-state index contributed by atoms with van der Waals surface area (Å²) in [5, 5.41) is 3.34. The SMILES string of the molecule is CCOc1cc(CNC(C)C)cc(Br)c1OCC(N)=O.Cl. The van der Waals surface area contributed by atoms with E-state index >= 15 is 0 Å². The number of nitrogens with one attached hydrogen (secondary N) is 1. The number of nitrogens with two attached hydrogens (primary N) is 1. The van der Waals surface area contributed by atoms with Crippen LogP contribution >= 0.6 is 28.3 Å². The summed E-state index contributed by atoms with van der Waals surface area (Å²) in [4.78, 5) is 10.8. The molecule has 0 saturated carbocycles. The van der Waals surface area contributed by atoms with Crippen molar-refractivity contribution in [1.29, 1.82) is 0 Å². The van der Waals surface area contributed by atoms with Crippen molar-refractivity contribution in [3.8, 4) is 11.5 Å². The lowest BCUT2D eigenvalue weighted by Gasteiger charge is -2.15. The predicted octanol–water partition coefficient (Wildman–Crippen LogP) is 2.63. The Morgan fingerprint density at radius 1 is 1.38 bits per heavy atom. The number of rotatable bonds is 8. The van der Waals surface area contributed by atoms with Gasteiger partial charge in [0.2, 0.25) is 0 Å². The summed E-state index contributed by atoms with van der Waals surface area (Å²) in [7, 11) is 0. The van der Waals surface area contributed by atoms with Gasteiger partial charge in [0, 0.05) is 12.6 Å². The molecule has 7 heteroatoms. The Kier molecular flexibility index (Phi) is 9.41. The zero-order chi connectivity index (χ0) is 15.1. The zero-order valence-electron chi connectivity index (χ0n) is 12.4. The maximum absolute atomic E-state index is 10.8. The molecule has 3 N–H and O–H groups in total. The highest BCUT2D eigenvalue weighted by Gasteiger charge is 2.13. The van der Waals surface area contributed by atoms with E-state index in [1.165, 1.54) is 0 Å². The molecule has 5 nitrogen and oxygen atoms in total. The second-order valence-corrected chi connectivity index (χ2v) is 5.48. The third-order valence-electron chi connectivity index (χ3n) is 2.44. The highest BCUT2D eigenvalue weighted by molar-refractivity contribution is 9.10. The molecular weight excluding hydrogens is 360 g/mol. The highest BCUT2D eigenvalue weighted by Crippen LogP contribution is 2.36. The van der Waals surface area contributed by atoms with E-state index in [1.54, 1.807) is 0 Å². The van der Waals surface area contributed by atoms with Crippen molar-refractivity contribution in [3.05, 3.63) is 22.2 Å². The van der Waals surface area contributed by atoms with Crippen LogP contribution in [0.3, 0.4) is 0 Å². The predicted molar refractivity (Wildman–Crippen MR) is 89.2 cm³/mol. The second kappa shape index (κ2) is 9.87. The van der Waals surface area contributed by atoms with Crippen LogP contribution in [-0.4, -0.2) is 25.2 Å². The molecule has 0 bridgehead atoms. The number of benzene rings is 1. The number of primary amides is 1. The third-order valence-corrected chi connectivity index (χ3v) is 3.03. The molecule has 0 heterocycles. The first kappa shape index (κ1) is 20.0. The van der Waals surface area contributed by atoms with Crippen LogP contribution in [0.25, 0.3) is 0 Å². The smallest absolute Gasteiger partial charge is 0.255 e. The first-order valence-corrected chi connectivity index (χ1v) is 7.33. The van der Waals surface area contributed by atoms with E-state index in [-0.39, 0.29) is 19.0 Å². The molecule has 0 spiro atoms. The number of ether oxygens (including phenoxy) is 2. The number of hydrogen-bond donors (Lipinski definition) is 2. The summed E-state index contributed by atoms with van der Waals surface area (Å²) in [6, 6.07) is 4.24.